The molecule has 0 saturated carbocycles. The molecule has 17 heavy (non-hydrogen) atoms. The molecular weight excluding hydrogens is 226 g/mol. The maximum atomic E-state index is 2.55. The number of fused-ring (bicyclic) bond motifs is 1. The molecule has 0 spiro atoms. The monoisotopic (exact) mass is 243 g/mol. The molecule has 0 aliphatic carbocycles. The Bertz CT molecular complexity index is 515. The van der Waals surface area contributed by atoms with Crippen LogP contribution in [0.5, 0.6) is 0 Å². The lowest BCUT2D eigenvalue weighted by molar-refractivity contribution is 0.247. The van der Waals surface area contributed by atoms with E-state index in [4.69, 9.17) is 0 Å². The van der Waals surface area contributed by atoms with Gasteiger partial charge in [-0.2, -0.15) is 0 Å². The third kappa shape index (κ3) is 2.43. The highest BCUT2D eigenvalue weighted by Gasteiger charge is 2.16. The van der Waals surface area contributed by atoms with Crippen molar-refractivity contribution in [2.24, 2.45) is 0 Å². The van der Waals surface area contributed by atoms with E-state index in [2.05, 4.69) is 47.5 Å². The fourth-order valence-electron chi connectivity index (χ4n) is 2.51. The Morgan fingerprint density at radius 2 is 2.24 bits per heavy atom. The van der Waals surface area contributed by atoms with Crippen LogP contribution in [-0.4, -0.2) is 11.4 Å². The molecule has 0 amide bonds. The van der Waals surface area contributed by atoms with Gasteiger partial charge in [-0.1, -0.05) is 29.8 Å². The van der Waals surface area contributed by atoms with Crippen molar-refractivity contribution in [2.75, 3.05) is 6.54 Å². The van der Waals surface area contributed by atoms with Crippen LogP contribution in [0.4, 0.5) is 0 Å². The highest BCUT2D eigenvalue weighted by molar-refractivity contribution is 7.10. The molecule has 0 N–H and O–H groups in total. The summed E-state index contributed by atoms with van der Waals surface area (Å²) in [6.45, 7) is 5.56. The van der Waals surface area contributed by atoms with Gasteiger partial charge in [0.2, 0.25) is 0 Å². The van der Waals surface area contributed by atoms with Crippen molar-refractivity contribution >= 4 is 11.3 Å². The maximum Gasteiger partial charge on any atom is 0.0248 e. The standard InChI is InChI=1S/C15H17NS/c1-12-3-2-4-13(9-12)10-16-7-5-15-14(11-16)6-8-17-15/h2-4,6,8-9H,5,7,10-11H2,1H3. The first-order chi connectivity index (χ1) is 8.31. The fraction of sp³-hybridized carbons (Fsp3) is 0.333. The van der Waals surface area contributed by atoms with Gasteiger partial charge in [0.15, 0.2) is 0 Å². The van der Waals surface area contributed by atoms with Crippen LogP contribution in [0.2, 0.25) is 0 Å². The smallest absolute Gasteiger partial charge is 0.0248 e. The Hall–Kier alpha value is -1.12. The van der Waals surface area contributed by atoms with Crippen LogP contribution in [0.3, 0.4) is 0 Å². The average molecular weight is 243 g/mol. The second kappa shape index (κ2) is 4.63. The molecule has 0 saturated heterocycles. The summed E-state index contributed by atoms with van der Waals surface area (Å²) in [7, 11) is 0. The molecule has 0 fully saturated rings. The summed E-state index contributed by atoms with van der Waals surface area (Å²) in [5.41, 5.74) is 4.33. The Morgan fingerprint density at radius 3 is 3.12 bits per heavy atom. The van der Waals surface area contributed by atoms with E-state index in [1.807, 2.05) is 11.3 Å². The molecule has 1 aliphatic rings. The lowest BCUT2D eigenvalue weighted by Gasteiger charge is -2.26. The van der Waals surface area contributed by atoms with Gasteiger partial charge in [-0.25, -0.2) is 0 Å². The molecule has 0 unspecified atom stereocenters. The fourth-order valence-corrected chi connectivity index (χ4v) is 3.40. The van der Waals surface area contributed by atoms with Gasteiger partial charge in [-0.3, -0.25) is 4.90 Å². The van der Waals surface area contributed by atoms with Crippen LogP contribution >= 0.6 is 11.3 Å². The van der Waals surface area contributed by atoms with Crippen molar-refractivity contribution in [1.29, 1.82) is 0 Å². The highest BCUT2D eigenvalue weighted by Crippen LogP contribution is 2.25. The zero-order chi connectivity index (χ0) is 11.7. The molecule has 2 aromatic rings. The zero-order valence-corrected chi connectivity index (χ0v) is 11.0. The predicted octanol–water partition coefficient (Wildman–Crippen LogP) is 3.61. The van der Waals surface area contributed by atoms with Crippen LogP contribution in [0.25, 0.3) is 0 Å². The number of nitrogens with zero attached hydrogens (tertiary/aromatic N) is 1. The Kier molecular flexibility index (Phi) is 3.00. The van der Waals surface area contributed by atoms with E-state index in [1.165, 1.54) is 29.7 Å². The molecule has 0 bridgehead atoms. The van der Waals surface area contributed by atoms with Crippen molar-refractivity contribution in [2.45, 2.75) is 26.4 Å². The van der Waals surface area contributed by atoms with E-state index < -0.39 is 0 Å². The Morgan fingerprint density at radius 1 is 1.29 bits per heavy atom. The number of benzene rings is 1. The van der Waals surface area contributed by atoms with E-state index in [0.717, 1.165) is 13.1 Å². The lowest BCUT2D eigenvalue weighted by atomic mass is 10.1. The van der Waals surface area contributed by atoms with E-state index in [-0.39, 0.29) is 0 Å². The third-order valence-corrected chi connectivity index (χ3v) is 4.40. The first-order valence-corrected chi connectivity index (χ1v) is 7.02. The number of hydrogen-bond donors (Lipinski definition) is 0. The molecule has 88 valence electrons. The van der Waals surface area contributed by atoms with Crippen LogP contribution < -0.4 is 0 Å². The van der Waals surface area contributed by atoms with E-state index in [9.17, 15) is 0 Å². The van der Waals surface area contributed by atoms with Crippen molar-refractivity contribution in [1.82, 2.24) is 4.90 Å². The number of thiophene rings is 1. The SMILES string of the molecule is Cc1cccc(CN2CCc3sccc3C2)c1. The molecule has 2 heterocycles. The zero-order valence-electron chi connectivity index (χ0n) is 10.1. The quantitative estimate of drug-likeness (QED) is 0.779. The van der Waals surface area contributed by atoms with Gasteiger partial charge in [-0.15, -0.1) is 11.3 Å². The highest BCUT2D eigenvalue weighted by atomic mass is 32.1. The van der Waals surface area contributed by atoms with E-state index in [1.54, 1.807) is 4.88 Å². The van der Waals surface area contributed by atoms with Crippen LogP contribution in [0.1, 0.15) is 21.6 Å². The molecule has 2 heteroatoms. The molecule has 1 aromatic heterocycles. The molecule has 1 nitrogen and oxygen atoms in total. The third-order valence-electron chi connectivity index (χ3n) is 3.38. The Labute approximate surface area is 107 Å². The summed E-state index contributed by atoms with van der Waals surface area (Å²) in [5.74, 6) is 0. The summed E-state index contributed by atoms with van der Waals surface area (Å²) in [6.07, 6.45) is 1.22. The molecular formula is C15H17NS. The van der Waals surface area contributed by atoms with Gasteiger partial charge in [0.1, 0.15) is 0 Å². The van der Waals surface area contributed by atoms with Gasteiger partial charge in [-0.05, 0) is 35.9 Å². The first kappa shape index (κ1) is 11.0. The van der Waals surface area contributed by atoms with Crippen LogP contribution in [0.15, 0.2) is 35.7 Å². The minimum Gasteiger partial charge on any atom is -0.294 e. The van der Waals surface area contributed by atoms with Gasteiger partial charge >= 0.3 is 0 Å². The Balaban J connectivity index is 1.72. The van der Waals surface area contributed by atoms with Crippen molar-refractivity contribution in [3.05, 3.63) is 57.3 Å². The van der Waals surface area contributed by atoms with Crippen LogP contribution in [0, 0.1) is 6.92 Å². The minimum absolute atomic E-state index is 1.08. The molecule has 0 radical (unpaired) electrons. The minimum atomic E-state index is 1.08. The summed E-state index contributed by atoms with van der Waals surface area (Å²) in [4.78, 5) is 4.13. The number of rotatable bonds is 2. The second-order valence-corrected chi connectivity index (χ2v) is 5.82. The topological polar surface area (TPSA) is 3.24 Å². The van der Waals surface area contributed by atoms with Gasteiger partial charge in [0, 0.05) is 24.5 Å². The summed E-state index contributed by atoms with van der Waals surface area (Å²) in [6, 6.07) is 11.1. The predicted molar refractivity (Wildman–Crippen MR) is 73.3 cm³/mol. The summed E-state index contributed by atoms with van der Waals surface area (Å²) < 4.78 is 0. The number of aryl methyl sites for hydroxylation is 1. The molecule has 0 atom stereocenters. The van der Waals surface area contributed by atoms with Gasteiger partial charge in [0.25, 0.3) is 0 Å². The van der Waals surface area contributed by atoms with E-state index >= 15 is 0 Å². The van der Waals surface area contributed by atoms with Crippen molar-refractivity contribution in [3.63, 3.8) is 0 Å². The van der Waals surface area contributed by atoms with E-state index in [0.29, 0.717) is 0 Å². The lowest BCUT2D eigenvalue weighted by Crippen LogP contribution is -2.29. The van der Waals surface area contributed by atoms with Crippen molar-refractivity contribution < 1.29 is 0 Å². The van der Waals surface area contributed by atoms with Crippen molar-refractivity contribution in [3.8, 4) is 0 Å². The second-order valence-electron chi connectivity index (χ2n) is 4.82. The maximum absolute atomic E-state index is 2.55. The first-order valence-electron chi connectivity index (χ1n) is 6.14. The molecule has 1 aliphatic heterocycles. The van der Waals surface area contributed by atoms with Gasteiger partial charge < -0.3 is 0 Å². The number of hydrogen-bond acceptors (Lipinski definition) is 2. The van der Waals surface area contributed by atoms with Gasteiger partial charge in [0.05, 0.1) is 0 Å². The molecule has 3 rings (SSSR count). The summed E-state index contributed by atoms with van der Waals surface area (Å²) in [5, 5.41) is 2.22. The largest absolute Gasteiger partial charge is 0.294 e. The van der Waals surface area contributed by atoms with Crippen LogP contribution in [-0.2, 0) is 19.5 Å². The normalized spacial score (nSPS) is 15.8. The molecule has 1 aromatic carbocycles. The summed E-state index contributed by atoms with van der Waals surface area (Å²) >= 11 is 1.91. The average Bonchev–Trinajstić information content (AvgIpc) is 2.76.